The number of nitrogens with one attached hydrogen (secondary N) is 1. The van der Waals surface area contributed by atoms with E-state index < -0.39 is 0 Å². The summed E-state index contributed by atoms with van der Waals surface area (Å²) >= 11 is 7.36. The number of rotatable bonds is 7. The van der Waals surface area contributed by atoms with Crippen LogP contribution in [0, 0.1) is 5.92 Å². The molecule has 0 aliphatic carbocycles. The van der Waals surface area contributed by atoms with Gasteiger partial charge in [0.2, 0.25) is 5.91 Å². The van der Waals surface area contributed by atoms with Gasteiger partial charge in [0.25, 0.3) is 0 Å². The summed E-state index contributed by atoms with van der Waals surface area (Å²) in [6, 6.07) is 15.6. The number of halogens is 1. The predicted molar refractivity (Wildman–Crippen MR) is 109 cm³/mol. The van der Waals surface area contributed by atoms with E-state index in [0.717, 1.165) is 28.3 Å². The Bertz CT molecular complexity index is 890. The molecule has 1 amide bonds. The van der Waals surface area contributed by atoms with Crippen LogP contribution in [0.3, 0.4) is 0 Å². The van der Waals surface area contributed by atoms with Crippen LogP contribution in [-0.2, 0) is 17.9 Å². The van der Waals surface area contributed by atoms with Crippen molar-refractivity contribution in [1.29, 1.82) is 0 Å². The van der Waals surface area contributed by atoms with Gasteiger partial charge in [-0.25, -0.2) is 4.98 Å². The molecular formula is C20H22ClN3OS. The second kappa shape index (κ2) is 8.60. The molecule has 136 valence electrons. The Hall–Kier alpha value is -1.98. The zero-order chi connectivity index (χ0) is 18.5. The number of carbonyl (C=O) groups excluding carboxylic acids is 1. The summed E-state index contributed by atoms with van der Waals surface area (Å²) in [5.74, 6) is 0.841. The van der Waals surface area contributed by atoms with Crippen molar-refractivity contribution >= 4 is 40.3 Å². The molecule has 3 rings (SSSR count). The van der Waals surface area contributed by atoms with Crippen molar-refractivity contribution in [2.24, 2.45) is 5.92 Å². The zero-order valence-corrected chi connectivity index (χ0v) is 16.5. The molecule has 0 spiro atoms. The van der Waals surface area contributed by atoms with Crippen LogP contribution in [0.5, 0.6) is 0 Å². The summed E-state index contributed by atoms with van der Waals surface area (Å²) in [6.07, 6.45) is 0. The molecule has 0 aliphatic rings. The Balaban J connectivity index is 1.63. The number of imidazole rings is 1. The minimum absolute atomic E-state index is 0.00639. The number of para-hydroxylation sites is 2. The van der Waals surface area contributed by atoms with E-state index in [0.29, 0.717) is 23.2 Å². The molecule has 0 fully saturated rings. The highest BCUT2D eigenvalue weighted by molar-refractivity contribution is 7.99. The first kappa shape index (κ1) is 18.8. The number of carbonyl (C=O) groups is 1. The number of thioether (sulfide) groups is 1. The van der Waals surface area contributed by atoms with Crippen molar-refractivity contribution in [1.82, 2.24) is 14.9 Å². The van der Waals surface area contributed by atoms with Crippen molar-refractivity contribution in [2.75, 3.05) is 5.75 Å². The zero-order valence-electron chi connectivity index (χ0n) is 14.9. The highest BCUT2D eigenvalue weighted by Crippen LogP contribution is 2.25. The minimum atomic E-state index is -0.00639. The Morgan fingerprint density at radius 1 is 1.19 bits per heavy atom. The molecule has 1 heterocycles. The van der Waals surface area contributed by atoms with Crippen molar-refractivity contribution in [2.45, 2.75) is 32.1 Å². The standard InChI is InChI=1S/C20H22ClN3OS/c1-14(2)12-24-18-6-4-3-5-17(18)23-20(24)26-13-19(25)22-11-15-7-9-16(21)10-8-15/h3-10,14H,11-13H2,1-2H3,(H,22,25). The van der Waals surface area contributed by atoms with E-state index in [-0.39, 0.29) is 5.91 Å². The average molecular weight is 388 g/mol. The minimum Gasteiger partial charge on any atom is -0.351 e. The monoisotopic (exact) mass is 387 g/mol. The van der Waals surface area contributed by atoms with Crippen molar-refractivity contribution < 1.29 is 4.79 Å². The Kier molecular flexibility index (Phi) is 6.22. The Morgan fingerprint density at radius 3 is 2.65 bits per heavy atom. The number of aromatic nitrogens is 2. The predicted octanol–water partition coefficient (Wildman–Crippen LogP) is 4.75. The van der Waals surface area contributed by atoms with Gasteiger partial charge in [-0.05, 0) is 35.7 Å². The fourth-order valence-electron chi connectivity index (χ4n) is 2.69. The van der Waals surface area contributed by atoms with Gasteiger partial charge in [0.05, 0.1) is 16.8 Å². The van der Waals surface area contributed by atoms with E-state index >= 15 is 0 Å². The summed E-state index contributed by atoms with van der Waals surface area (Å²) in [6.45, 7) is 5.75. The Morgan fingerprint density at radius 2 is 1.92 bits per heavy atom. The normalized spacial score (nSPS) is 11.2. The van der Waals surface area contributed by atoms with E-state index in [1.165, 1.54) is 11.8 Å². The molecule has 6 heteroatoms. The van der Waals surface area contributed by atoms with Crippen molar-refractivity contribution in [3.63, 3.8) is 0 Å². The van der Waals surface area contributed by atoms with Gasteiger partial charge >= 0.3 is 0 Å². The van der Waals surface area contributed by atoms with Crippen LogP contribution in [-0.4, -0.2) is 21.2 Å². The highest BCUT2D eigenvalue weighted by atomic mass is 35.5. The summed E-state index contributed by atoms with van der Waals surface area (Å²) < 4.78 is 2.21. The van der Waals surface area contributed by atoms with E-state index in [9.17, 15) is 4.79 Å². The maximum absolute atomic E-state index is 12.2. The topological polar surface area (TPSA) is 46.9 Å². The number of fused-ring (bicyclic) bond motifs is 1. The summed E-state index contributed by atoms with van der Waals surface area (Å²) in [4.78, 5) is 16.9. The molecule has 2 aromatic carbocycles. The summed E-state index contributed by atoms with van der Waals surface area (Å²) in [5.41, 5.74) is 3.11. The van der Waals surface area contributed by atoms with Gasteiger partial charge in [0.1, 0.15) is 0 Å². The van der Waals surface area contributed by atoms with E-state index in [1.807, 2.05) is 42.5 Å². The third kappa shape index (κ3) is 4.80. The van der Waals surface area contributed by atoms with Crippen LogP contribution in [0.1, 0.15) is 19.4 Å². The third-order valence-electron chi connectivity index (χ3n) is 3.90. The fourth-order valence-corrected chi connectivity index (χ4v) is 3.67. The maximum atomic E-state index is 12.2. The lowest BCUT2D eigenvalue weighted by Gasteiger charge is -2.11. The molecule has 3 aromatic rings. The van der Waals surface area contributed by atoms with Gasteiger partial charge in [0, 0.05) is 18.1 Å². The number of benzene rings is 2. The molecular weight excluding hydrogens is 366 g/mol. The van der Waals surface area contributed by atoms with Crippen LogP contribution in [0.4, 0.5) is 0 Å². The van der Waals surface area contributed by atoms with E-state index in [4.69, 9.17) is 16.6 Å². The van der Waals surface area contributed by atoms with E-state index in [2.05, 4.69) is 29.8 Å². The molecule has 4 nitrogen and oxygen atoms in total. The molecule has 1 N–H and O–H groups in total. The third-order valence-corrected chi connectivity index (χ3v) is 5.13. The first-order valence-corrected chi connectivity index (χ1v) is 9.98. The first-order chi connectivity index (χ1) is 12.5. The van der Waals surface area contributed by atoms with Gasteiger partial charge in [0.15, 0.2) is 5.16 Å². The highest BCUT2D eigenvalue weighted by Gasteiger charge is 2.13. The molecule has 26 heavy (non-hydrogen) atoms. The lowest BCUT2D eigenvalue weighted by Crippen LogP contribution is -2.24. The SMILES string of the molecule is CC(C)Cn1c(SCC(=O)NCc2ccc(Cl)cc2)nc2ccccc21. The summed E-state index contributed by atoms with van der Waals surface area (Å²) in [7, 11) is 0. The molecule has 0 bridgehead atoms. The van der Waals surface area contributed by atoms with Crippen LogP contribution < -0.4 is 5.32 Å². The molecule has 0 aliphatic heterocycles. The molecule has 0 radical (unpaired) electrons. The number of nitrogens with zero attached hydrogens (tertiary/aromatic N) is 2. The molecule has 0 saturated heterocycles. The lowest BCUT2D eigenvalue weighted by molar-refractivity contribution is -0.118. The number of amides is 1. The fraction of sp³-hybridized carbons (Fsp3) is 0.300. The first-order valence-electron chi connectivity index (χ1n) is 8.62. The lowest BCUT2D eigenvalue weighted by atomic mass is 10.2. The van der Waals surface area contributed by atoms with Crippen molar-refractivity contribution in [3.05, 3.63) is 59.1 Å². The number of hydrogen-bond donors (Lipinski definition) is 1. The Labute approximate surface area is 163 Å². The van der Waals surface area contributed by atoms with Gasteiger partial charge in [-0.1, -0.05) is 61.5 Å². The average Bonchev–Trinajstić information content (AvgIpc) is 2.96. The molecule has 0 atom stereocenters. The summed E-state index contributed by atoms with van der Waals surface area (Å²) in [5, 5.41) is 4.53. The van der Waals surface area contributed by atoms with Gasteiger partial charge in [-0.2, -0.15) is 0 Å². The maximum Gasteiger partial charge on any atom is 0.230 e. The van der Waals surface area contributed by atoms with Gasteiger partial charge < -0.3 is 9.88 Å². The van der Waals surface area contributed by atoms with E-state index in [1.54, 1.807) is 0 Å². The molecule has 0 unspecified atom stereocenters. The number of hydrogen-bond acceptors (Lipinski definition) is 3. The van der Waals surface area contributed by atoms with Crippen molar-refractivity contribution in [3.8, 4) is 0 Å². The smallest absolute Gasteiger partial charge is 0.230 e. The molecule has 0 saturated carbocycles. The second-order valence-electron chi connectivity index (χ2n) is 6.58. The largest absolute Gasteiger partial charge is 0.351 e. The molecule has 1 aromatic heterocycles. The van der Waals surface area contributed by atoms with Crippen LogP contribution >= 0.6 is 23.4 Å². The van der Waals surface area contributed by atoms with Gasteiger partial charge in [-0.3, -0.25) is 4.79 Å². The van der Waals surface area contributed by atoms with Crippen LogP contribution in [0.15, 0.2) is 53.7 Å². The quantitative estimate of drug-likeness (QED) is 0.595. The van der Waals surface area contributed by atoms with Crippen LogP contribution in [0.2, 0.25) is 5.02 Å². The van der Waals surface area contributed by atoms with Crippen LogP contribution in [0.25, 0.3) is 11.0 Å². The second-order valence-corrected chi connectivity index (χ2v) is 7.96. The van der Waals surface area contributed by atoms with Gasteiger partial charge in [-0.15, -0.1) is 0 Å².